The molecule has 638 valence electrons. The number of aliphatic hydroxyl groups is 1. The number of carbonyl (C=O) groups excluding carboxylic acids is 3. The number of unbranched alkanes of at least 4 members (excludes halogenated alkanes) is 1. The minimum atomic E-state index is -1.50. The largest absolute Gasteiger partial charge is 0.399 e. The van der Waals surface area contributed by atoms with Crippen LogP contribution in [0.25, 0.3) is 22.5 Å². The zero-order valence-corrected chi connectivity index (χ0v) is 69.4. The number of guanidine groups is 1. The van der Waals surface area contributed by atoms with Gasteiger partial charge in [0.15, 0.2) is 23.3 Å². The minimum absolute atomic E-state index is 0.0153. The lowest BCUT2D eigenvalue weighted by Gasteiger charge is -2.19. The van der Waals surface area contributed by atoms with Gasteiger partial charge in [0.1, 0.15) is 0 Å². The molecule has 11 rings (SSSR count). The van der Waals surface area contributed by atoms with Crippen molar-refractivity contribution in [2.45, 2.75) is 60.8 Å². The van der Waals surface area contributed by atoms with Crippen LogP contribution in [0.15, 0.2) is 249 Å². The molecule has 121 heavy (non-hydrogen) atoms. The Bertz CT molecular complexity index is 5000. The number of non-ortho nitro benzene ring substituents is 3. The number of aliphatic hydroxyl groups excluding tert-OH is 1. The van der Waals surface area contributed by atoms with Crippen molar-refractivity contribution >= 4 is 80.7 Å². The average Bonchev–Trinajstić information content (AvgIpc) is 0.840. The fourth-order valence-corrected chi connectivity index (χ4v) is 8.66. The smallest absolute Gasteiger partial charge is 0.291 e. The lowest BCUT2D eigenvalue weighted by atomic mass is 10.2. The lowest BCUT2D eigenvalue weighted by molar-refractivity contribution is -0.742. The predicted molar refractivity (Wildman–Crippen MR) is 465 cm³/mol. The molecule has 38 nitrogen and oxygen atoms in total. The van der Waals surface area contributed by atoms with E-state index in [0.717, 1.165) is 63.3 Å². The second kappa shape index (κ2) is 56.8. The van der Waals surface area contributed by atoms with Crippen LogP contribution in [0.4, 0.5) is 57.4 Å². The summed E-state index contributed by atoms with van der Waals surface area (Å²) < 4.78 is 9.73. The summed E-state index contributed by atoms with van der Waals surface area (Å²) in [6, 6.07) is 40.8. The van der Waals surface area contributed by atoms with Gasteiger partial charge in [-0.25, -0.2) is 24.9 Å². The molecule has 0 unspecified atom stereocenters. The zero-order valence-electron chi connectivity index (χ0n) is 69.4. The third kappa shape index (κ3) is 42.7. The number of nitrogens with zero attached hydrogens (tertiary/aromatic N) is 17. The number of aliphatic imine (C=N–C) groups is 1. The number of nitrogens with one attached hydrogen (secondary N) is 2. The van der Waals surface area contributed by atoms with Crippen LogP contribution in [0.3, 0.4) is 0 Å². The molecule has 11 aromatic rings. The number of hydrogen-bond acceptors (Lipinski definition) is 31. The molecule has 0 saturated carbocycles. The van der Waals surface area contributed by atoms with E-state index in [1.165, 1.54) is 55.5 Å². The number of anilines is 6. The lowest BCUT2D eigenvalue weighted by Crippen LogP contribution is -2.30. The summed E-state index contributed by atoms with van der Waals surface area (Å²) >= 11 is 0. The van der Waals surface area contributed by atoms with Gasteiger partial charge in [-0.1, -0.05) is 37.6 Å². The first-order chi connectivity index (χ1) is 57.5. The van der Waals surface area contributed by atoms with E-state index in [1.54, 1.807) is 175 Å². The van der Waals surface area contributed by atoms with Crippen molar-refractivity contribution in [3.8, 4) is 22.5 Å². The number of nitrogen functional groups attached to an aromatic ring is 2. The molecule has 4 aromatic carbocycles. The molecule has 0 bridgehead atoms. The number of allylic oxidation sites excluding steroid dienone is 2. The van der Waals surface area contributed by atoms with Crippen molar-refractivity contribution in [3.63, 3.8) is 0 Å². The number of aromatic nitrogens is 9. The Morgan fingerprint density at radius 3 is 1.22 bits per heavy atom. The number of nitro groups is 3. The summed E-state index contributed by atoms with van der Waals surface area (Å²) in [4.78, 5) is 118. The molecule has 0 fully saturated rings. The third-order valence-electron chi connectivity index (χ3n) is 14.9. The molecule has 12 N–H and O–H groups in total. The van der Waals surface area contributed by atoms with Crippen molar-refractivity contribution in [2.75, 3.05) is 85.2 Å². The first-order valence-electron chi connectivity index (χ1n) is 36.2. The highest BCUT2D eigenvalue weighted by Crippen LogP contribution is 2.28. The Labute approximate surface area is 700 Å². The quantitative estimate of drug-likeness (QED) is 0.00456. The van der Waals surface area contributed by atoms with Gasteiger partial charge in [-0.15, -0.1) is 10.1 Å². The Hall–Kier alpha value is -15.4. The summed E-state index contributed by atoms with van der Waals surface area (Å²) in [6.45, 7) is 11.4. The van der Waals surface area contributed by atoms with E-state index in [9.17, 15) is 44.7 Å². The summed E-state index contributed by atoms with van der Waals surface area (Å²) in [5.41, 5.74) is 33.6. The van der Waals surface area contributed by atoms with Crippen LogP contribution in [-0.2, 0) is 9.47 Å². The fourth-order valence-electron chi connectivity index (χ4n) is 8.66. The van der Waals surface area contributed by atoms with Crippen molar-refractivity contribution in [1.29, 1.82) is 0 Å². The van der Waals surface area contributed by atoms with Crippen LogP contribution in [-0.4, -0.2) is 183 Å². The topological polar surface area (TPSA) is 549 Å². The third-order valence-corrected chi connectivity index (χ3v) is 14.9. The SMILES string of the molecule is CC(=O)c1cccnc1.CCCCO.CN(C)/C=C/C(=O)c1cccnc1.CN(C)/C=C/C(=O)c1cccnc1.COC(OC)N(C)C.Cc1ccc(N)cc1Nc1nccc(-c2cccnc2)n1.Cc1ccc([N+](=O)[O-])cc1N.Cc1ccc([N+](=O)[O-])cc1N=C(N)N.Cc1ccc([N+](=O)[O-])cc1Nc1nccc(-c2cccnc2)n1.O=[N+]([O-])O. The summed E-state index contributed by atoms with van der Waals surface area (Å²) in [5.74, 6) is 0.792. The number of rotatable bonds is 22. The van der Waals surface area contributed by atoms with Gasteiger partial charge in [0.2, 0.25) is 18.3 Å². The number of Topliss-reactive ketones (excluding diaryl/α,β-unsaturated/α-hetero) is 1. The number of ketones is 3. The Kier molecular flexibility index (Phi) is 47.7. The van der Waals surface area contributed by atoms with Gasteiger partial charge in [0.25, 0.3) is 22.1 Å². The van der Waals surface area contributed by atoms with E-state index in [-0.39, 0.29) is 46.8 Å². The van der Waals surface area contributed by atoms with Crippen molar-refractivity contribution in [2.24, 2.45) is 16.5 Å². The molecule has 0 radical (unpaired) electrons. The molecule has 7 aromatic heterocycles. The molecule has 7 heterocycles. The number of nitrogens with two attached hydrogens (primary N) is 4. The molecular formula is C83H101N23O15. The van der Waals surface area contributed by atoms with Crippen LogP contribution in [0, 0.1) is 68.2 Å². The summed E-state index contributed by atoms with van der Waals surface area (Å²) in [6.07, 6.45) is 28.2. The predicted octanol–water partition coefficient (Wildman–Crippen LogP) is 13.5. The second-order valence-electron chi connectivity index (χ2n) is 25.3. The molecule has 0 aliphatic carbocycles. The number of carbonyl (C=O) groups is 3. The number of methoxy groups -OCH3 is 2. The number of pyridine rings is 5. The molecule has 0 saturated heterocycles. The van der Waals surface area contributed by atoms with Gasteiger partial charge in [-0.3, -0.25) is 74.5 Å². The van der Waals surface area contributed by atoms with E-state index in [1.807, 2.05) is 119 Å². The minimum Gasteiger partial charge on any atom is -0.399 e. The van der Waals surface area contributed by atoms with E-state index >= 15 is 0 Å². The first-order valence-corrected chi connectivity index (χ1v) is 36.2. The highest BCUT2D eigenvalue weighted by molar-refractivity contribution is 6.04. The van der Waals surface area contributed by atoms with Gasteiger partial charge < -0.3 is 63.2 Å². The molecule has 0 atom stereocenters. The van der Waals surface area contributed by atoms with Crippen molar-refractivity contribution < 1.29 is 54.0 Å². The number of aryl methyl sites for hydroxylation is 4. The Balaban J connectivity index is 0.000000471. The Morgan fingerprint density at radius 1 is 0.521 bits per heavy atom. The van der Waals surface area contributed by atoms with E-state index in [4.69, 9.17) is 52.8 Å². The van der Waals surface area contributed by atoms with Gasteiger partial charge in [-0.2, -0.15) is 0 Å². The molecule has 0 aliphatic heterocycles. The van der Waals surface area contributed by atoms with Gasteiger partial charge in [0, 0.05) is 229 Å². The van der Waals surface area contributed by atoms with Crippen LogP contribution < -0.4 is 33.6 Å². The molecular weight excluding hydrogens is 1560 g/mol. The van der Waals surface area contributed by atoms with Crippen LogP contribution in [0.1, 0.15) is 80.0 Å². The van der Waals surface area contributed by atoms with Gasteiger partial charge in [0.05, 0.1) is 37.5 Å². The summed E-state index contributed by atoms with van der Waals surface area (Å²) in [5, 5.41) is 59.5. The highest BCUT2D eigenvalue weighted by Gasteiger charge is 2.13. The normalized spacial score (nSPS) is 9.89. The van der Waals surface area contributed by atoms with E-state index in [2.05, 4.69) is 67.4 Å². The van der Waals surface area contributed by atoms with E-state index in [0.29, 0.717) is 57.9 Å². The monoisotopic (exact) mass is 1660 g/mol. The Morgan fingerprint density at radius 2 is 0.901 bits per heavy atom. The maximum atomic E-state index is 11.4. The summed E-state index contributed by atoms with van der Waals surface area (Å²) in [7, 11) is 14.5. The van der Waals surface area contributed by atoms with Crippen LogP contribution in [0.2, 0.25) is 0 Å². The van der Waals surface area contributed by atoms with E-state index < -0.39 is 19.9 Å². The van der Waals surface area contributed by atoms with Crippen molar-refractivity contribution in [1.82, 2.24) is 59.6 Å². The molecule has 0 spiro atoms. The van der Waals surface area contributed by atoms with Crippen LogP contribution >= 0.6 is 0 Å². The van der Waals surface area contributed by atoms with Crippen molar-refractivity contribution in [3.05, 3.63) is 324 Å². The molecule has 38 heteroatoms. The maximum Gasteiger partial charge on any atom is 0.291 e. The molecule has 0 amide bonds. The maximum absolute atomic E-state index is 11.4. The zero-order chi connectivity index (χ0) is 90.4. The number of ether oxygens (including phenoxy) is 2. The number of hydrogen-bond donors (Lipinski definition) is 8. The van der Waals surface area contributed by atoms with Crippen LogP contribution in [0.5, 0.6) is 0 Å². The molecule has 0 aliphatic rings. The first kappa shape index (κ1) is 102. The second-order valence-corrected chi connectivity index (χ2v) is 25.3. The fraction of sp³-hybridized carbons (Fsp3) is 0.217. The standard InChI is InChI=1S/C16H13N5O2.C16H15N5.2C10H12N2O.C8H10N4O2.C7H8N2O2.C7H7NO.C5H13NO2.C4H10O.HNO3/c1-11-4-5-13(21(22)23)9-15(11)20-16-18-8-6-14(19-16)12-3-2-7-17-10-12;1-11-4-5-13(17)9-15(11)21-16-19-8-6-14(20-16)12-3-2-7-18-10-12;2*1-12(2)7-5-10(13)9-4-3-6-11-8-9;1-5-2-3-6(12(13)14)4-7(5)11-8(9)10;1-5-2-3-6(9(10)11)4-7(5)8;1-6(9)7-3-2-4-8-5-7;1-6(2)5(7-3)8-4;1-2-3-4-5;2-1(3)4/h2-10H,1H3,(H,18,19,20);2-10H,17H2,1H3,(H,19,20,21);2*3-8H,1-2H3;2-4H,1H3,(H4,9,10,11);2-4H,8H2,1H3;2-5H,1H3;5H,1-4H3;5H,2-4H2,1H3;(H,2,3,4)/b;;2*7-5+;;;;;;. The average molecular weight is 1660 g/mol. The highest BCUT2D eigenvalue weighted by atomic mass is 16.9. The van der Waals surface area contributed by atoms with Gasteiger partial charge >= 0.3 is 0 Å². The number of nitro benzene ring substituents is 3. The van der Waals surface area contributed by atoms with Gasteiger partial charge in [-0.05, 0) is 162 Å². The number of benzene rings is 4.